The van der Waals surface area contributed by atoms with E-state index in [9.17, 15) is 8.78 Å². The monoisotopic (exact) mass is 359 g/mol. The Morgan fingerprint density at radius 2 is 2.00 bits per heavy atom. The van der Waals surface area contributed by atoms with Crippen LogP contribution in [0.1, 0.15) is 28.9 Å². The molecule has 3 aromatic rings. The molecule has 2 heterocycles. The normalized spacial score (nSPS) is 11.3. The van der Waals surface area contributed by atoms with Gasteiger partial charge in [-0.25, -0.2) is 13.5 Å². The van der Waals surface area contributed by atoms with Gasteiger partial charge < -0.3 is 5.32 Å². The quantitative estimate of drug-likeness (QED) is 0.659. The summed E-state index contributed by atoms with van der Waals surface area (Å²) >= 11 is 0. The molecular weight excluding hydrogens is 336 g/mol. The second-order valence-corrected chi connectivity index (χ2v) is 6.46. The molecule has 0 aliphatic carbocycles. The standard InChI is InChI=1S/C19H23F2N5/c1-13-17(11-22-8-4-5-15-10-23-25(3)12-15)14(2)26(24-13)19-7-6-16(20)9-18(19)21/h6-7,9-10,12,22H,4-5,8,11H2,1-3H3. The first-order chi connectivity index (χ1) is 12.5. The van der Waals surface area contributed by atoms with Crippen LogP contribution in [0, 0.1) is 25.5 Å². The smallest absolute Gasteiger partial charge is 0.151 e. The lowest BCUT2D eigenvalue weighted by Crippen LogP contribution is -2.16. The molecule has 0 aliphatic heterocycles. The van der Waals surface area contributed by atoms with Gasteiger partial charge in [0.25, 0.3) is 0 Å². The van der Waals surface area contributed by atoms with E-state index >= 15 is 0 Å². The lowest BCUT2D eigenvalue weighted by atomic mass is 10.1. The summed E-state index contributed by atoms with van der Waals surface area (Å²) in [7, 11) is 1.91. The van der Waals surface area contributed by atoms with Crippen molar-refractivity contribution in [3.05, 3.63) is 64.7 Å². The topological polar surface area (TPSA) is 47.7 Å². The Kier molecular flexibility index (Phi) is 5.46. The minimum Gasteiger partial charge on any atom is -0.313 e. The van der Waals surface area contributed by atoms with Crippen LogP contribution in [-0.2, 0) is 20.0 Å². The Morgan fingerprint density at radius 3 is 2.69 bits per heavy atom. The molecule has 26 heavy (non-hydrogen) atoms. The van der Waals surface area contributed by atoms with E-state index in [0.29, 0.717) is 6.54 Å². The summed E-state index contributed by atoms with van der Waals surface area (Å²) in [6, 6.07) is 3.53. The number of rotatable bonds is 7. The fourth-order valence-electron chi connectivity index (χ4n) is 3.05. The zero-order valence-electron chi connectivity index (χ0n) is 15.3. The van der Waals surface area contributed by atoms with Crippen LogP contribution in [-0.4, -0.2) is 26.1 Å². The fourth-order valence-corrected chi connectivity index (χ4v) is 3.05. The zero-order chi connectivity index (χ0) is 18.7. The molecule has 0 amide bonds. The number of nitrogens with zero attached hydrogens (tertiary/aromatic N) is 4. The van der Waals surface area contributed by atoms with Crippen molar-refractivity contribution in [3.63, 3.8) is 0 Å². The van der Waals surface area contributed by atoms with E-state index in [1.807, 2.05) is 33.3 Å². The Bertz CT molecular complexity index is 897. The average Bonchev–Trinajstić information content (AvgIpc) is 3.12. The van der Waals surface area contributed by atoms with Gasteiger partial charge in [0.1, 0.15) is 11.5 Å². The first-order valence-electron chi connectivity index (χ1n) is 8.64. The van der Waals surface area contributed by atoms with Crippen LogP contribution in [0.4, 0.5) is 8.78 Å². The van der Waals surface area contributed by atoms with Crippen molar-refractivity contribution in [1.82, 2.24) is 24.9 Å². The number of aromatic nitrogens is 4. The fraction of sp³-hybridized carbons (Fsp3) is 0.368. The first kappa shape index (κ1) is 18.3. The van der Waals surface area contributed by atoms with E-state index in [-0.39, 0.29) is 5.69 Å². The van der Waals surface area contributed by atoms with Gasteiger partial charge in [-0.3, -0.25) is 4.68 Å². The van der Waals surface area contributed by atoms with Gasteiger partial charge in [0.2, 0.25) is 0 Å². The van der Waals surface area contributed by atoms with Crippen molar-refractivity contribution in [2.24, 2.45) is 7.05 Å². The lowest BCUT2D eigenvalue weighted by molar-refractivity contribution is 0.572. The zero-order valence-corrected chi connectivity index (χ0v) is 15.3. The van der Waals surface area contributed by atoms with Crippen molar-refractivity contribution < 1.29 is 8.78 Å². The molecule has 0 fully saturated rings. The van der Waals surface area contributed by atoms with E-state index in [2.05, 4.69) is 15.5 Å². The largest absolute Gasteiger partial charge is 0.313 e. The summed E-state index contributed by atoms with van der Waals surface area (Å²) in [5.74, 6) is -1.21. The van der Waals surface area contributed by atoms with Crippen LogP contribution in [0.3, 0.4) is 0 Å². The van der Waals surface area contributed by atoms with Crippen molar-refractivity contribution in [1.29, 1.82) is 0 Å². The van der Waals surface area contributed by atoms with Crippen LogP contribution in [0.5, 0.6) is 0 Å². The van der Waals surface area contributed by atoms with Crippen LogP contribution in [0.2, 0.25) is 0 Å². The van der Waals surface area contributed by atoms with Gasteiger partial charge in [0.15, 0.2) is 5.82 Å². The Hall–Kier alpha value is -2.54. The van der Waals surface area contributed by atoms with Crippen LogP contribution in [0.15, 0.2) is 30.6 Å². The Labute approximate surface area is 151 Å². The first-order valence-corrected chi connectivity index (χ1v) is 8.64. The maximum absolute atomic E-state index is 14.0. The molecule has 1 aromatic carbocycles. The summed E-state index contributed by atoms with van der Waals surface area (Å²) in [5, 5.41) is 12.0. The summed E-state index contributed by atoms with van der Waals surface area (Å²) in [5.41, 5.74) is 4.21. The number of aryl methyl sites for hydroxylation is 3. The SMILES string of the molecule is Cc1nn(-c2ccc(F)cc2F)c(C)c1CNCCCc1cnn(C)c1. The summed E-state index contributed by atoms with van der Waals surface area (Å²) in [4.78, 5) is 0. The Morgan fingerprint density at radius 1 is 1.19 bits per heavy atom. The number of halogens is 2. The van der Waals surface area contributed by atoms with E-state index in [0.717, 1.165) is 42.4 Å². The highest BCUT2D eigenvalue weighted by Gasteiger charge is 2.15. The maximum atomic E-state index is 14.0. The highest BCUT2D eigenvalue weighted by molar-refractivity contribution is 5.38. The molecule has 0 bridgehead atoms. The molecule has 0 saturated heterocycles. The number of nitrogens with one attached hydrogen (secondary N) is 1. The number of hydrogen-bond donors (Lipinski definition) is 1. The third kappa shape index (κ3) is 3.99. The summed E-state index contributed by atoms with van der Waals surface area (Å²) < 4.78 is 30.5. The predicted octanol–water partition coefficient (Wildman–Crippen LogP) is 3.22. The molecule has 138 valence electrons. The van der Waals surface area contributed by atoms with Crippen molar-refractivity contribution in [2.75, 3.05) is 6.54 Å². The highest BCUT2D eigenvalue weighted by Crippen LogP contribution is 2.20. The molecule has 0 aliphatic rings. The van der Waals surface area contributed by atoms with Crippen LogP contribution < -0.4 is 5.32 Å². The second-order valence-electron chi connectivity index (χ2n) is 6.46. The van der Waals surface area contributed by atoms with Gasteiger partial charge in [-0.05, 0) is 50.9 Å². The summed E-state index contributed by atoms with van der Waals surface area (Å²) in [6.45, 7) is 5.32. The molecule has 0 spiro atoms. The molecule has 0 saturated carbocycles. The van der Waals surface area contributed by atoms with Gasteiger partial charge in [-0.15, -0.1) is 0 Å². The summed E-state index contributed by atoms with van der Waals surface area (Å²) in [6.07, 6.45) is 5.88. The number of benzene rings is 1. The molecule has 2 aromatic heterocycles. The second kappa shape index (κ2) is 7.78. The highest BCUT2D eigenvalue weighted by atomic mass is 19.1. The average molecular weight is 359 g/mol. The van der Waals surface area contributed by atoms with Gasteiger partial charge in [-0.2, -0.15) is 10.2 Å². The third-order valence-electron chi connectivity index (χ3n) is 4.46. The number of hydrogen-bond acceptors (Lipinski definition) is 3. The molecule has 7 heteroatoms. The van der Waals surface area contributed by atoms with E-state index in [1.54, 1.807) is 4.68 Å². The molecule has 1 N–H and O–H groups in total. The minimum absolute atomic E-state index is 0.259. The molecule has 0 radical (unpaired) electrons. The van der Waals surface area contributed by atoms with Crippen molar-refractivity contribution in [3.8, 4) is 5.69 Å². The van der Waals surface area contributed by atoms with Gasteiger partial charge >= 0.3 is 0 Å². The third-order valence-corrected chi connectivity index (χ3v) is 4.46. The minimum atomic E-state index is -0.619. The maximum Gasteiger partial charge on any atom is 0.151 e. The van der Waals surface area contributed by atoms with E-state index in [1.165, 1.54) is 22.4 Å². The van der Waals surface area contributed by atoms with Gasteiger partial charge in [-0.1, -0.05) is 0 Å². The van der Waals surface area contributed by atoms with Crippen LogP contribution in [0.25, 0.3) is 5.69 Å². The van der Waals surface area contributed by atoms with Gasteiger partial charge in [0, 0.05) is 37.1 Å². The van der Waals surface area contributed by atoms with Gasteiger partial charge in [0.05, 0.1) is 11.9 Å². The van der Waals surface area contributed by atoms with Crippen molar-refractivity contribution in [2.45, 2.75) is 33.2 Å². The van der Waals surface area contributed by atoms with E-state index < -0.39 is 11.6 Å². The molecule has 3 rings (SSSR count). The van der Waals surface area contributed by atoms with Crippen molar-refractivity contribution >= 4 is 0 Å². The Balaban J connectivity index is 1.61. The predicted molar refractivity (Wildman–Crippen MR) is 96.2 cm³/mol. The van der Waals surface area contributed by atoms with Crippen LogP contribution >= 0.6 is 0 Å². The molecule has 0 unspecified atom stereocenters. The molecular formula is C19H23F2N5. The van der Waals surface area contributed by atoms with E-state index in [4.69, 9.17) is 0 Å². The molecule has 5 nitrogen and oxygen atoms in total. The molecule has 0 atom stereocenters. The lowest BCUT2D eigenvalue weighted by Gasteiger charge is -2.08.